The summed E-state index contributed by atoms with van der Waals surface area (Å²) in [7, 11) is 0. The molecule has 3 nitrogen and oxygen atoms in total. The number of carboxylic acid groups (broad SMARTS) is 1. The fourth-order valence-corrected chi connectivity index (χ4v) is 2.74. The summed E-state index contributed by atoms with van der Waals surface area (Å²) in [6.45, 7) is 1.14. The number of benzene rings is 1. The number of aliphatic carboxylic acids is 1. The molecule has 6 heteroatoms. The minimum Gasteiger partial charge on any atom is -0.481 e. The average Bonchev–Trinajstić information content (AvgIpc) is 2.69. The molecule has 2 rings (SSSR count). The Kier molecular flexibility index (Phi) is 3.77. The van der Waals surface area contributed by atoms with Gasteiger partial charge in [0.2, 0.25) is 0 Å². The number of nitrogens with zero attached hydrogens (tertiary/aromatic N) is 1. The summed E-state index contributed by atoms with van der Waals surface area (Å²) >= 11 is 0. The Hall–Kier alpha value is -1.56. The Labute approximate surface area is 115 Å². The highest BCUT2D eigenvalue weighted by Gasteiger charge is 2.59. The first kappa shape index (κ1) is 14.8. The molecule has 1 saturated heterocycles. The van der Waals surface area contributed by atoms with Crippen molar-refractivity contribution in [2.24, 2.45) is 11.3 Å². The lowest BCUT2D eigenvalue weighted by molar-refractivity contribution is -0.202. The zero-order chi connectivity index (χ0) is 15.0. The van der Waals surface area contributed by atoms with Crippen LogP contribution in [0.2, 0.25) is 0 Å². The quantitative estimate of drug-likeness (QED) is 0.929. The highest BCUT2D eigenvalue weighted by atomic mass is 19.4. The zero-order valence-electron chi connectivity index (χ0n) is 11.0. The van der Waals surface area contributed by atoms with Gasteiger partial charge in [-0.1, -0.05) is 30.3 Å². The van der Waals surface area contributed by atoms with Gasteiger partial charge in [-0.2, -0.15) is 13.2 Å². The van der Waals surface area contributed by atoms with Crippen LogP contribution in [0.5, 0.6) is 0 Å². The van der Waals surface area contributed by atoms with Crippen molar-refractivity contribution in [3.63, 3.8) is 0 Å². The molecule has 20 heavy (non-hydrogen) atoms. The van der Waals surface area contributed by atoms with Crippen molar-refractivity contribution < 1.29 is 23.1 Å². The maximum absolute atomic E-state index is 13.0. The van der Waals surface area contributed by atoms with Crippen LogP contribution in [0.3, 0.4) is 0 Å². The molecule has 0 spiro atoms. The van der Waals surface area contributed by atoms with E-state index < -0.39 is 23.5 Å². The molecule has 1 heterocycles. The van der Waals surface area contributed by atoms with Crippen molar-refractivity contribution in [2.45, 2.75) is 19.6 Å². The number of likely N-dealkylation sites (tertiary alicyclic amines) is 1. The molecule has 1 aliphatic heterocycles. The van der Waals surface area contributed by atoms with Gasteiger partial charge in [-0.3, -0.25) is 9.69 Å². The first-order valence-corrected chi connectivity index (χ1v) is 6.30. The van der Waals surface area contributed by atoms with Gasteiger partial charge in [-0.25, -0.2) is 0 Å². The van der Waals surface area contributed by atoms with Gasteiger partial charge in [0.1, 0.15) is 0 Å². The summed E-state index contributed by atoms with van der Waals surface area (Å²) < 4.78 is 39.1. The van der Waals surface area contributed by atoms with Crippen molar-refractivity contribution >= 4 is 5.97 Å². The summed E-state index contributed by atoms with van der Waals surface area (Å²) in [6.07, 6.45) is -4.50. The molecule has 1 aliphatic rings. The molecule has 0 saturated carbocycles. The SMILES string of the molecule is C[C@]1(C(=O)O)CN(Cc2ccccc2)C[C@H]1C(F)(F)F. The molecule has 1 aromatic rings. The van der Waals surface area contributed by atoms with Crippen LogP contribution in [0.1, 0.15) is 12.5 Å². The Morgan fingerprint density at radius 1 is 1.40 bits per heavy atom. The molecule has 0 amide bonds. The molecule has 0 aliphatic carbocycles. The van der Waals surface area contributed by atoms with Gasteiger partial charge < -0.3 is 5.11 Å². The van der Waals surface area contributed by atoms with Crippen LogP contribution in [0.25, 0.3) is 0 Å². The largest absolute Gasteiger partial charge is 0.481 e. The van der Waals surface area contributed by atoms with E-state index in [1.807, 2.05) is 30.3 Å². The van der Waals surface area contributed by atoms with Crippen molar-refractivity contribution in [3.05, 3.63) is 35.9 Å². The lowest BCUT2D eigenvalue weighted by Crippen LogP contribution is -2.42. The van der Waals surface area contributed by atoms with Gasteiger partial charge in [0.15, 0.2) is 0 Å². The smallest absolute Gasteiger partial charge is 0.394 e. The third-order valence-electron chi connectivity index (χ3n) is 3.89. The van der Waals surface area contributed by atoms with Gasteiger partial charge >= 0.3 is 12.1 Å². The van der Waals surface area contributed by atoms with E-state index in [0.717, 1.165) is 5.56 Å². The lowest BCUT2D eigenvalue weighted by Gasteiger charge is -2.27. The van der Waals surface area contributed by atoms with Gasteiger partial charge in [0.25, 0.3) is 0 Å². The second kappa shape index (κ2) is 5.09. The Bertz CT molecular complexity index is 489. The standard InChI is InChI=1S/C14H16F3NO2/c1-13(12(19)20)9-18(8-11(13)14(15,16)17)7-10-5-3-2-4-6-10/h2-6,11H,7-9H2,1H3,(H,19,20)/t11-,13+/m1/s1. The predicted octanol–water partition coefficient (Wildman–Crippen LogP) is 2.77. The first-order valence-electron chi connectivity index (χ1n) is 6.30. The van der Waals surface area contributed by atoms with Crippen LogP contribution in [-0.4, -0.2) is 35.2 Å². The minimum absolute atomic E-state index is 0.0958. The van der Waals surface area contributed by atoms with Crippen LogP contribution >= 0.6 is 0 Å². The van der Waals surface area contributed by atoms with Crippen molar-refractivity contribution in [1.82, 2.24) is 4.90 Å². The third-order valence-corrected chi connectivity index (χ3v) is 3.89. The summed E-state index contributed by atoms with van der Waals surface area (Å²) in [5.41, 5.74) is -0.907. The van der Waals surface area contributed by atoms with E-state index in [0.29, 0.717) is 6.54 Å². The van der Waals surface area contributed by atoms with E-state index in [9.17, 15) is 18.0 Å². The second-order valence-corrected chi connectivity index (χ2v) is 5.47. The minimum atomic E-state index is -4.50. The van der Waals surface area contributed by atoms with Gasteiger partial charge in [-0.15, -0.1) is 0 Å². The van der Waals surface area contributed by atoms with Crippen LogP contribution in [0.4, 0.5) is 13.2 Å². The molecule has 1 aromatic carbocycles. The predicted molar refractivity (Wildman–Crippen MR) is 67.0 cm³/mol. The summed E-state index contributed by atoms with van der Waals surface area (Å²) in [5.74, 6) is -3.23. The lowest BCUT2D eigenvalue weighted by atomic mass is 9.79. The van der Waals surface area contributed by atoms with Crippen molar-refractivity contribution in [3.8, 4) is 0 Å². The normalized spacial score (nSPS) is 27.7. The number of alkyl halides is 3. The molecule has 1 N–H and O–H groups in total. The molecule has 1 fully saturated rings. The fraction of sp³-hybridized carbons (Fsp3) is 0.500. The second-order valence-electron chi connectivity index (χ2n) is 5.47. The maximum Gasteiger partial charge on any atom is 0.394 e. The molecule has 0 aromatic heterocycles. The molecule has 110 valence electrons. The van der Waals surface area contributed by atoms with E-state index in [1.165, 1.54) is 6.92 Å². The summed E-state index contributed by atoms with van der Waals surface area (Å²) in [5, 5.41) is 9.16. The maximum atomic E-state index is 13.0. The average molecular weight is 287 g/mol. The number of halogens is 3. The van der Waals surface area contributed by atoms with Crippen LogP contribution < -0.4 is 0 Å². The van der Waals surface area contributed by atoms with E-state index in [4.69, 9.17) is 5.11 Å². The highest BCUT2D eigenvalue weighted by molar-refractivity contribution is 5.75. The molecular weight excluding hydrogens is 271 g/mol. The number of carbonyl (C=O) groups is 1. The Balaban J connectivity index is 2.18. The first-order chi connectivity index (χ1) is 9.23. The number of hydrogen-bond donors (Lipinski definition) is 1. The van der Waals surface area contributed by atoms with Crippen molar-refractivity contribution in [2.75, 3.05) is 13.1 Å². The molecule has 2 atom stereocenters. The van der Waals surface area contributed by atoms with Crippen LogP contribution in [0, 0.1) is 11.3 Å². The van der Waals surface area contributed by atoms with Gasteiger partial charge in [-0.05, 0) is 12.5 Å². The fourth-order valence-electron chi connectivity index (χ4n) is 2.74. The number of carboxylic acids is 1. The van der Waals surface area contributed by atoms with Crippen molar-refractivity contribution in [1.29, 1.82) is 0 Å². The Morgan fingerprint density at radius 3 is 2.45 bits per heavy atom. The van der Waals surface area contributed by atoms with Crippen LogP contribution in [0.15, 0.2) is 30.3 Å². The van der Waals surface area contributed by atoms with E-state index in [1.54, 1.807) is 4.90 Å². The van der Waals surface area contributed by atoms with Gasteiger partial charge in [0, 0.05) is 19.6 Å². The topological polar surface area (TPSA) is 40.5 Å². The molecule has 0 unspecified atom stereocenters. The van der Waals surface area contributed by atoms with E-state index >= 15 is 0 Å². The molecular formula is C14H16F3NO2. The monoisotopic (exact) mass is 287 g/mol. The van der Waals surface area contributed by atoms with E-state index in [-0.39, 0.29) is 13.1 Å². The third kappa shape index (κ3) is 2.80. The number of hydrogen-bond acceptors (Lipinski definition) is 2. The van der Waals surface area contributed by atoms with Crippen LogP contribution in [-0.2, 0) is 11.3 Å². The Morgan fingerprint density at radius 2 is 2.00 bits per heavy atom. The molecule has 0 bridgehead atoms. The highest BCUT2D eigenvalue weighted by Crippen LogP contribution is 2.45. The summed E-state index contributed by atoms with van der Waals surface area (Å²) in [4.78, 5) is 12.8. The number of rotatable bonds is 3. The molecule has 0 radical (unpaired) electrons. The zero-order valence-corrected chi connectivity index (χ0v) is 11.0. The summed E-state index contributed by atoms with van der Waals surface area (Å²) in [6, 6.07) is 9.08. The van der Waals surface area contributed by atoms with Gasteiger partial charge in [0.05, 0.1) is 11.3 Å². The van der Waals surface area contributed by atoms with E-state index in [2.05, 4.69) is 0 Å².